The molecule has 108 valence electrons. The van der Waals surface area contributed by atoms with Gasteiger partial charge in [-0.3, -0.25) is 0 Å². The van der Waals surface area contributed by atoms with Crippen molar-refractivity contribution in [1.29, 1.82) is 0 Å². The van der Waals surface area contributed by atoms with E-state index in [0.29, 0.717) is 5.58 Å². The maximum absolute atomic E-state index is 11.5. The van der Waals surface area contributed by atoms with Crippen LogP contribution in [0, 0.1) is 0 Å². The second kappa shape index (κ2) is 4.66. The smallest absolute Gasteiger partial charge is 0.359 e. The van der Waals surface area contributed by atoms with Crippen molar-refractivity contribution in [3.8, 4) is 5.75 Å². The molecule has 5 heteroatoms. The quantitative estimate of drug-likeness (QED) is 0.676. The molecule has 4 nitrogen and oxygen atoms in total. The first kappa shape index (κ1) is 14.7. The van der Waals surface area contributed by atoms with Crippen LogP contribution in [-0.4, -0.2) is 8.32 Å². The number of rotatable bonds is 2. The Bertz CT molecular complexity index is 698. The summed E-state index contributed by atoms with van der Waals surface area (Å²) in [5.41, 5.74) is 5.66. The summed E-state index contributed by atoms with van der Waals surface area (Å²) in [6.45, 7) is 10.9. The monoisotopic (exact) mass is 291 g/mol. The summed E-state index contributed by atoms with van der Waals surface area (Å²) in [5.74, 6) is 0.733. The van der Waals surface area contributed by atoms with Gasteiger partial charge >= 0.3 is 5.63 Å². The van der Waals surface area contributed by atoms with Gasteiger partial charge in [-0.25, -0.2) is 4.79 Å². The van der Waals surface area contributed by atoms with Crippen LogP contribution < -0.4 is 15.8 Å². The van der Waals surface area contributed by atoms with E-state index >= 15 is 0 Å². The van der Waals surface area contributed by atoms with E-state index in [1.165, 1.54) is 0 Å². The summed E-state index contributed by atoms with van der Waals surface area (Å²) in [4.78, 5) is 11.5. The topological polar surface area (TPSA) is 65.5 Å². The summed E-state index contributed by atoms with van der Waals surface area (Å²) < 4.78 is 11.4. The highest BCUT2D eigenvalue weighted by Gasteiger charge is 2.38. The van der Waals surface area contributed by atoms with Crippen molar-refractivity contribution in [1.82, 2.24) is 0 Å². The van der Waals surface area contributed by atoms with Gasteiger partial charge in [-0.2, -0.15) is 0 Å². The molecule has 0 bridgehead atoms. The SMILES string of the molecule is CC(C)(C)[Si](C)(C)Oc1ccc2cc(N)c(=O)oc2c1. The Kier molecular flexibility index (Phi) is 3.42. The van der Waals surface area contributed by atoms with E-state index in [0.717, 1.165) is 11.1 Å². The molecule has 1 aromatic carbocycles. The van der Waals surface area contributed by atoms with Crippen LogP contribution in [0.2, 0.25) is 18.1 Å². The van der Waals surface area contributed by atoms with Crippen molar-refractivity contribution in [2.45, 2.75) is 38.9 Å². The minimum atomic E-state index is -1.90. The average molecular weight is 291 g/mol. The van der Waals surface area contributed by atoms with E-state index in [2.05, 4.69) is 33.9 Å². The van der Waals surface area contributed by atoms with Crippen LogP contribution in [0.15, 0.2) is 33.5 Å². The van der Waals surface area contributed by atoms with Crippen molar-refractivity contribution >= 4 is 25.0 Å². The van der Waals surface area contributed by atoms with Crippen molar-refractivity contribution in [2.24, 2.45) is 0 Å². The molecule has 0 aliphatic rings. The summed E-state index contributed by atoms with van der Waals surface area (Å²) in [5, 5.41) is 0.911. The van der Waals surface area contributed by atoms with Crippen LogP contribution in [0.4, 0.5) is 5.69 Å². The molecule has 0 saturated carbocycles. The third-order valence-electron chi connectivity index (χ3n) is 3.91. The van der Waals surface area contributed by atoms with Gasteiger partial charge in [0, 0.05) is 11.5 Å². The highest BCUT2D eigenvalue weighted by molar-refractivity contribution is 6.74. The number of nitrogens with two attached hydrogens (primary N) is 1. The fourth-order valence-corrected chi connectivity index (χ4v) is 2.64. The first-order chi connectivity index (χ1) is 9.10. The Morgan fingerprint density at radius 3 is 2.45 bits per heavy atom. The van der Waals surface area contributed by atoms with Gasteiger partial charge in [-0.1, -0.05) is 20.8 Å². The van der Waals surface area contributed by atoms with Gasteiger partial charge in [0.15, 0.2) is 0 Å². The van der Waals surface area contributed by atoms with Gasteiger partial charge in [0.2, 0.25) is 8.32 Å². The Morgan fingerprint density at radius 1 is 1.20 bits per heavy atom. The molecule has 2 rings (SSSR count). The lowest BCUT2D eigenvalue weighted by atomic mass is 10.2. The Labute approximate surface area is 119 Å². The standard InChI is InChI=1S/C15H21NO3Si/c1-15(2,3)20(4,5)19-11-7-6-10-8-12(16)14(17)18-13(10)9-11/h6-9H,16H2,1-5H3. The highest BCUT2D eigenvalue weighted by Crippen LogP contribution is 2.37. The molecule has 0 radical (unpaired) electrons. The first-order valence-electron chi connectivity index (χ1n) is 6.62. The highest BCUT2D eigenvalue weighted by atomic mass is 28.4. The number of fused-ring (bicyclic) bond motifs is 1. The molecule has 2 aromatic rings. The third kappa shape index (κ3) is 2.72. The van der Waals surface area contributed by atoms with Crippen molar-refractivity contribution in [3.05, 3.63) is 34.7 Å². The maximum Gasteiger partial charge on any atom is 0.359 e. The number of anilines is 1. The maximum atomic E-state index is 11.5. The zero-order valence-electron chi connectivity index (χ0n) is 12.6. The van der Waals surface area contributed by atoms with Gasteiger partial charge in [0.1, 0.15) is 17.0 Å². The fourth-order valence-electron chi connectivity index (χ4n) is 1.62. The van der Waals surface area contributed by atoms with Crippen LogP contribution in [-0.2, 0) is 0 Å². The van der Waals surface area contributed by atoms with Gasteiger partial charge in [-0.15, -0.1) is 0 Å². The van der Waals surface area contributed by atoms with E-state index in [4.69, 9.17) is 14.6 Å². The van der Waals surface area contributed by atoms with Crippen molar-refractivity contribution in [2.75, 3.05) is 5.73 Å². The Hall–Kier alpha value is -1.75. The zero-order chi connectivity index (χ0) is 15.1. The second-order valence-electron chi connectivity index (χ2n) is 6.55. The van der Waals surface area contributed by atoms with E-state index in [-0.39, 0.29) is 10.7 Å². The molecular weight excluding hydrogens is 270 g/mol. The lowest BCUT2D eigenvalue weighted by Gasteiger charge is -2.36. The third-order valence-corrected chi connectivity index (χ3v) is 8.27. The van der Waals surface area contributed by atoms with Crippen LogP contribution in [0.3, 0.4) is 0 Å². The Morgan fingerprint density at radius 2 is 1.85 bits per heavy atom. The molecule has 2 N–H and O–H groups in total. The van der Waals surface area contributed by atoms with Gasteiger partial charge < -0.3 is 14.6 Å². The predicted molar refractivity (Wildman–Crippen MR) is 84.7 cm³/mol. The number of benzene rings is 1. The summed E-state index contributed by atoms with van der Waals surface area (Å²) in [6.07, 6.45) is 0. The van der Waals surface area contributed by atoms with E-state index in [1.807, 2.05) is 12.1 Å². The molecule has 0 atom stereocenters. The van der Waals surface area contributed by atoms with Crippen LogP contribution in [0.1, 0.15) is 20.8 Å². The fraction of sp³-hybridized carbons (Fsp3) is 0.400. The molecule has 0 unspecified atom stereocenters. The normalized spacial score (nSPS) is 12.7. The van der Waals surface area contributed by atoms with Crippen LogP contribution in [0.5, 0.6) is 5.75 Å². The molecule has 0 saturated heterocycles. The molecule has 0 amide bonds. The van der Waals surface area contributed by atoms with Gasteiger partial charge in [-0.05, 0) is 36.3 Å². The van der Waals surface area contributed by atoms with Gasteiger partial charge in [0.25, 0.3) is 0 Å². The summed E-state index contributed by atoms with van der Waals surface area (Å²) in [6, 6.07) is 7.13. The minimum absolute atomic E-state index is 0.115. The van der Waals surface area contributed by atoms with Crippen molar-refractivity contribution < 1.29 is 8.84 Å². The summed E-state index contributed by atoms with van der Waals surface area (Å²) >= 11 is 0. The molecule has 0 spiro atoms. The lowest BCUT2D eigenvalue weighted by Crippen LogP contribution is -2.43. The van der Waals surface area contributed by atoms with E-state index in [9.17, 15) is 4.79 Å². The second-order valence-corrected chi connectivity index (χ2v) is 11.3. The number of hydrogen-bond donors (Lipinski definition) is 1. The molecule has 0 fully saturated rings. The molecule has 0 aliphatic carbocycles. The lowest BCUT2D eigenvalue weighted by molar-refractivity contribution is 0.490. The molecule has 0 aliphatic heterocycles. The van der Waals surface area contributed by atoms with Crippen molar-refractivity contribution in [3.63, 3.8) is 0 Å². The average Bonchev–Trinajstić information content (AvgIpc) is 2.29. The molecule has 1 heterocycles. The largest absolute Gasteiger partial charge is 0.543 e. The zero-order valence-corrected chi connectivity index (χ0v) is 13.6. The van der Waals surface area contributed by atoms with E-state index in [1.54, 1.807) is 12.1 Å². The molecule has 1 aromatic heterocycles. The van der Waals surface area contributed by atoms with E-state index < -0.39 is 13.9 Å². The number of nitrogen functional groups attached to an aromatic ring is 1. The van der Waals surface area contributed by atoms with Crippen LogP contribution >= 0.6 is 0 Å². The predicted octanol–water partition coefficient (Wildman–Crippen LogP) is 3.76. The molecular formula is C15H21NO3Si. The van der Waals surface area contributed by atoms with Crippen LogP contribution in [0.25, 0.3) is 11.0 Å². The summed E-state index contributed by atoms with van der Waals surface area (Å²) in [7, 11) is -1.90. The molecule has 20 heavy (non-hydrogen) atoms. The Balaban J connectivity index is 2.43. The van der Waals surface area contributed by atoms with Gasteiger partial charge in [0.05, 0.1) is 0 Å². The number of hydrogen-bond acceptors (Lipinski definition) is 4. The minimum Gasteiger partial charge on any atom is -0.543 e. The first-order valence-corrected chi connectivity index (χ1v) is 9.53.